The molecule has 88 valence electrons. The fraction of sp³-hybridized carbons (Fsp3) is 0.636. The van der Waals surface area contributed by atoms with Crippen LogP contribution in [0.3, 0.4) is 0 Å². The van der Waals surface area contributed by atoms with Gasteiger partial charge in [-0.1, -0.05) is 25.7 Å². The van der Waals surface area contributed by atoms with Crippen LogP contribution >= 0.6 is 0 Å². The van der Waals surface area contributed by atoms with Gasteiger partial charge in [-0.25, -0.2) is 9.59 Å². The number of hydrogen-bond acceptors (Lipinski definition) is 2. The monoisotopic (exact) mass is 225 g/mol. The molecule has 16 heavy (non-hydrogen) atoms. The van der Waals surface area contributed by atoms with Gasteiger partial charge in [0.15, 0.2) is 0 Å². The van der Waals surface area contributed by atoms with Gasteiger partial charge in [-0.05, 0) is 12.8 Å². The van der Waals surface area contributed by atoms with Gasteiger partial charge < -0.3 is 10.2 Å². The number of hydrogen-bond donors (Lipinski definition) is 2. The second-order valence-corrected chi connectivity index (χ2v) is 4.08. The van der Waals surface area contributed by atoms with Crippen LogP contribution in [0.25, 0.3) is 0 Å². The lowest BCUT2D eigenvalue weighted by molar-refractivity contribution is -0.141. The maximum atomic E-state index is 11.0. The fourth-order valence-electron chi connectivity index (χ4n) is 1.72. The lowest BCUT2D eigenvalue weighted by Gasteiger charge is -2.21. The summed E-state index contributed by atoms with van der Waals surface area (Å²) in [4.78, 5) is 22.8. The molecule has 0 aromatic carbocycles. The highest BCUT2D eigenvalue weighted by atomic mass is 16.4. The second-order valence-electron chi connectivity index (χ2n) is 4.08. The van der Waals surface area contributed by atoms with Crippen molar-refractivity contribution in [2.24, 2.45) is 5.92 Å². The summed E-state index contributed by atoms with van der Waals surface area (Å²) >= 11 is 0. The molecule has 1 heterocycles. The zero-order valence-corrected chi connectivity index (χ0v) is 9.30. The van der Waals surface area contributed by atoms with Crippen molar-refractivity contribution in [1.82, 2.24) is 4.90 Å². The van der Waals surface area contributed by atoms with E-state index in [-0.39, 0.29) is 5.92 Å². The van der Waals surface area contributed by atoms with Gasteiger partial charge in [0.05, 0.1) is 6.04 Å². The van der Waals surface area contributed by atoms with Gasteiger partial charge in [-0.15, -0.1) is 0 Å². The Morgan fingerprint density at radius 1 is 1.31 bits per heavy atom. The average molecular weight is 225 g/mol. The second kappa shape index (κ2) is 4.88. The molecule has 0 saturated carbocycles. The number of nitrogens with zero attached hydrogens (tertiary/aromatic N) is 1. The molecule has 1 aliphatic rings. The molecule has 1 fully saturated rings. The molecular formula is C11H15NO4. The van der Waals surface area contributed by atoms with Crippen molar-refractivity contribution in [3.63, 3.8) is 0 Å². The summed E-state index contributed by atoms with van der Waals surface area (Å²) in [6.07, 6.45) is -0.393. The maximum absolute atomic E-state index is 11.0. The number of likely N-dealkylation sites (tertiary alicyclic amines) is 1. The Labute approximate surface area is 94.1 Å². The lowest BCUT2D eigenvalue weighted by atomic mass is 10.1. The van der Waals surface area contributed by atoms with E-state index in [1.54, 1.807) is 0 Å². The van der Waals surface area contributed by atoms with Crippen LogP contribution in [0, 0.1) is 17.8 Å². The Morgan fingerprint density at radius 2 is 1.94 bits per heavy atom. The molecule has 0 aliphatic carbocycles. The van der Waals surface area contributed by atoms with Crippen molar-refractivity contribution in [3.8, 4) is 11.8 Å². The van der Waals surface area contributed by atoms with E-state index in [9.17, 15) is 9.59 Å². The van der Waals surface area contributed by atoms with E-state index in [2.05, 4.69) is 11.8 Å². The SMILES string of the molecule is CC(C)C#C[C@H]1CC[C@@H](C(=O)O)N1C(=O)O. The van der Waals surface area contributed by atoms with Crippen LogP contribution in [0.2, 0.25) is 0 Å². The minimum atomic E-state index is -1.21. The number of carbonyl (C=O) groups is 2. The zero-order valence-electron chi connectivity index (χ0n) is 9.30. The first-order valence-corrected chi connectivity index (χ1v) is 5.18. The zero-order chi connectivity index (χ0) is 12.3. The Bertz CT molecular complexity index is 353. The van der Waals surface area contributed by atoms with Crippen LogP contribution in [0.1, 0.15) is 26.7 Å². The van der Waals surface area contributed by atoms with Crippen molar-refractivity contribution in [3.05, 3.63) is 0 Å². The average Bonchev–Trinajstić information content (AvgIpc) is 2.57. The molecule has 0 bridgehead atoms. The van der Waals surface area contributed by atoms with Crippen LogP contribution in [-0.2, 0) is 4.79 Å². The molecule has 0 unspecified atom stereocenters. The predicted molar refractivity (Wildman–Crippen MR) is 56.9 cm³/mol. The molecule has 1 rings (SSSR count). The summed E-state index contributed by atoms with van der Waals surface area (Å²) < 4.78 is 0. The molecule has 0 spiro atoms. The normalized spacial score (nSPS) is 24.1. The summed E-state index contributed by atoms with van der Waals surface area (Å²) in [6.45, 7) is 3.81. The number of carboxylic acid groups (broad SMARTS) is 2. The van der Waals surface area contributed by atoms with Crippen LogP contribution in [0.15, 0.2) is 0 Å². The van der Waals surface area contributed by atoms with Crippen molar-refractivity contribution in [2.75, 3.05) is 0 Å². The summed E-state index contributed by atoms with van der Waals surface area (Å²) in [6, 6.07) is -1.44. The van der Waals surface area contributed by atoms with E-state index >= 15 is 0 Å². The van der Waals surface area contributed by atoms with Gasteiger partial charge in [-0.2, -0.15) is 0 Å². The van der Waals surface area contributed by atoms with E-state index in [4.69, 9.17) is 10.2 Å². The fourth-order valence-corrected chi connectivity index (χ4v) is 1.72. The van der Waals surface area contributed by atoms with Crippen molar-refractivity contribution in [1.29, 1.82) is 0 Å². The third-order valence-corrected chi connectivity index (χ3v) is 2.43. The van der Waals surface area contributed by atoms with Gasteiger partial charge >= 0.3 is 12.1 Å². The molecule has 5 heteroatoms. The van der Waals surface area contributed by atoms with Crippen molar-refractivity contribution >= 4 is 12.1 Å². The standard InChI is InChI=1S/C11H15NO4/c1-7(2)3-4-8-5-6-9(10(13)14)12(8)11(15)16/h7-9H,5-6H2,1-2H3,(H,13,14)(H,15,16)/t8-,9-/m0/s1. The molecule has 0 aromatic rings. The topological polar surface area (TPSA) is 77.8 Å². The molecule has 2 atom stereocenters. The van der Waals surface area contributed by atoms with Crippen LogP contribution in [0.5, 0.6) is 0 Å². The van der Waals surface area contributed by atoms with Gasteiger partial charge in [0.25, 0.3) is 0 Å². The highest BCUT2D eigenvalue weighted by molar-refractivity contribution is 5.80. The minimum Gasteiger partial charge on any atom is -0.480 e. The Morgan fingerprint density at radius 3 is 2.38 bits per heavy atom. The third kappa shape index (κ3) is 2.66. The third-order valence-electron chi connectivity index (χ3n) is 2.43. The lowest BCUT2D eigenvalue weighted by Crippen LogP contribution is -2.43. The predicted octanol–water partition coefficient (Wildman–Crippen LogP) is 1.24. The smallest absolute Gasteiger partial charge is 0.409 e. The molecule has 1 saturated heterocycles. The van der Waals surface area contributed by atoms with Crippen molar-refractivity contribution in [2.45, 2.75) is 38.8 Å². The Kier molecular flexibility index (Phi) is 3.78. The molecule has 0 radical (unpaired) electrons. The minimum absolute atomic E-state index is 0.152. The number of amides is 1. The van der Waals surface area contributed by atoms with Crippen LogP contribution in [-0.4, -0.2) is 39.3 Å². The number of rotatable bonds is 1. The largest absolute Gasteiger partial charge is 0.480 e. The summed E-state index contributed by atoms with van der Waals surface area (Å²) in [5.41, 5.74) is 0. The Hall–Kier alpha value is -1.70. The highest BCUT2D eigenvalue weighted by Crippen LogP contribution is 2.24. The number of carboxylic acids is 1. The van der Waals surface area contributed by atoms with Gasteiger partial charge in [0, 0.05) is 5.92 Å². The van der Waals surface area contributed by atoms with E-state index in [0.29, 0.717) is 12.8 Å². The van der Waals surface area contributed by atoms with Crippen LogP contribution in [0.4, 0.5) is 4.79 Å². The van der Waals surface area contributed by atoms with Crippen LogP contribution < -0.4 is 0 Å². The number of aliphatic carboxylic acids is 1. The van der Waals surface area contributed by atoms with Gasteiger partial charge in [0.1, 0.15) is 6.04 Å². The molecular weight excluding hydrogens is 210 g/mol. The van der Waals surface area contributed by atoms with E-state index in [0.717, 1.165) is 4.90 Å². The molecule has 2 N–H and O–H groups in total. The van der Waals surface area contributed by atoms with E-state index in [1.165, 1.54) is 0 Å². The summed E-state index contributed by atoms with van der Waals surface area (Å²) in [7, 11) is 0. The van der Waals surface area contributed by atoms with Gasteiger partial charge in [-0.3, -0.25) is 4.90 Å². The summed E-state index contributed by atoms with van der Waals surface area (Å²) in [5.74, 6) is 4.76. The summed E-state index contributed by atoms with van der Waals surface area (Å²) in [5, 5.41) is 17.8. The highest BCUT2D eigenvalue weighted by Gasteiger charge is 2.40. The first-order chi connectivity index (χ1) is 7.43. The molecule has 5 nitrogen and oxygen atoms in total. The molecule has 0 aromatic heterocycles. The van der Waals surface area contributed by atoms with E-state index in [1.807, 2.05) is 13.8 Å². The Balaban J connectivity index is 2.85. The first kappa shape index (κ1) is 12.4. The van der Waals surface area contributed by atoms with Crippen molar-refractivity contribution < 1.29 is 19.8 Å². The van der Waals surface area contributed by atoms with E-state index < -0.39 is 24.1 Å². The molecule has 1 amide bonds. The first-order valence-electron chi connectivity index (χ1n) is 5.18. The maximum Gasteiger partial charge on any atom is 0.409 e. The molecule has 1 aliphatic heterocycles. The van der Waals surface area contributed by atoms with Gasteiger partial charge in [0.2, 0.25) is 0 Å². The quantitative estimate of drug-likeness (QED) is 0.658.